The minimum absolute atomic E-state index is 0.260. The van der Waals surface area contributed by atoms with Gasteiger partial charge in [0.1, 0.15) is 0 Å². The van der Waals surface area contributed by atoms with Gasteiger partial charge in [-0.05, 0) is 37.4 Å². The van der Waals surface area contributed by atoms with Crippen LogP contribution in [0.5, 0.6) is 0 Å². The summed E-state index contributed by atoms with van der Waals surface area (Å²) in [6.07, 6.45) is 6.42. The van der Waals surface area contributed by atoms with E-state index in [1.54, 1.807) is 18.6 Å². The molecule has 0 saturated carbocycles. The first kappa shape index (κ1) is 23.7. The van der Waals surface area contributed by atoms with E-state index in [2.05, 4.69) is 44.0 Å². The van der Waals surface area contributed by atoms with E-state index < -0.39 is 0 Å². The topological polar surface area (TPSA) is 86.3 Å². The second kappa shape index (κ2) is 10.3. The Balaban J connectivity index is 1.48. The van der Waals surface area contributed by atoms with Crippen LogP contribution in [-0.2, 0) is 4.79 Å². The summed E-state index contributed by atoms with van der Waals surface area (Å²) < 4.78 is 0. The smallest absolute Gasteiger partial charge is 0.247 e. The molecular weight excluding hydrogens is 474 g/mol. The molecule has 8 nitrogen and oxygen atoms in total. The number of amides is 1. The number of carbonyl (C=O) groups excluding carboxylic acids is 1. The van der Waals surface area contributed by atoms with Gasteiger partial charge in [0.2, 0.25) is 11.9 Å². The highest BCUT2D eigenvalue weighted by Gasteiger charge is 2.18. The van der Waals surface area contributed by atoms with E-state index in [9.17, 15) is 4.79 Å². The molecule has 36 heavy (non-hydrogen) atoms. The molecule has 1 saturated heterocycles. The lowest BCUT2D eigenvalue weighted by molar-refractivity contribution is -0.111. The number of rotatable bonds is 6. The summed E-state index contributed by atoms with van der Waals surface area (Å²) >= 11 is 6.17. The van der Waals surface area contributed by atoms with Crippen LogP contribution in [0.3, 0.4) is 0 Å². The predicted octanol–water partition coefficient (Wildman–Crippen LogP) is 4.97. The maximum atomic E-state index is 12.2. The van der Waals surface area contributed by atoms with Crippen molar-refractivity contribution in [2.45, 2.75) is 0 Å². The lowest BCUT2D eigenvalue weighted by Gasteiger charge is -2.35. The first-order valence-corrected chi connectivity index (χ1v) is 12.0. The largest absolute Gasteiger partial charge is 0.367 e. The summed E-state index contributed by atoms with van der Waals surface area (Å²) in [4.78, 5) is 30.2. The number of piperazine rings is 1. The van der Waals surface area contributed by atoms with Crippen molar-refractivity contribution >= 4 is 51.4 Å². The number of fused-ring (bicyclic) bond motifs is 1. The lowest BCUT2D eigenvalue weighted by Crippen LogP contribution is -2.44. The van der Waals surface area contributed by atoms with E-state index in [1.165, 1.54) is 6.08 Å². The standard InChI is InChI=1S/C27H26ClN7O/c1-3-25(36)32-23-14-21(7-8-24(23)35-11-9-34(2)10-12-35)31-27-30-16-18-5-4-6-22(26(18)33-27)19-13-20(28)17-29-15-19/h3-8,13-17H,1,9-12H2,2H3,(H,32,36)(H,30,31,33). The Morgan fingerprint density at radius 2 is 1.92 bits per heavy atom. The number of hydrogen-bond donors (Lipinski definition) is 2. The number of anilines is 4. The average Bonchev–Trinajstić information content (AvgIpc) is 2.89. The zero-order valence-corrected chi connectivity index (χ0v) is 20.7. The van der Waals surface area contributed by atoms with Gasteiger partial charge in [-0.15, -0.1) is 0 Å². The molecule has 2 aromatic carbocycles. The monoisotopic (exact) mass is 499 g/mol. The van der Waals surface area contributed by atoms with E-state index in [1.807, 2.05) is 42.5 Å². The Labute approximate surface area is 214 Å². The molecule has 1 fully saturated rings. The quantitative estimate of drug-likeness (QED) is 0.362. The Morgan fingerprint density at radius 3 is 2.69 bits per heavy atom. The molecule has 0 aliphatic carbocycles. The fourth-order valence-corrected chi connectivity index (χ4v) is 4.43. The molecule has 0 atom stereocenters. The number of benzene rings is 2. The van der Waals surface area contributed by atoms with Gasteiger partial charge < -0.3 is 20.4 Å². The Morgan fingerprint density at radius 1 is 1.08 bits per heavy atom. The van der Waals surface area contributed by atoms with Crippen molar-refractivity contribution < 1.29 is 4.79 Å². The van der Waals surface area contributed by atoms with Gasteiger partial charge in [-0.25, -0.2) is 9.97 Å². The molecule has 182 valence electrons. The molecule has 1 amide bonds. The lowest BCUT2D eigenvalue weighted by atomic mass is 10.0. The summed E-state index contributed by atoms with van der Waals surface area (Å²) in [6, 6.07) is 13.7. The molecule has 0 spiro atoms. The minimum Gasteiger partial charge on any atom is -0.367 e. The van der Waals surface area contributed by atoms with Gasteiger partial charge in [0.15, 0.2) is 0 Å². The van der Waals surface area contributed by atoms with Gasteiger partial charge in [-0.3, -0.25) is 9.78 Å². The minimum atomic E-state index is -0.260. The van der Waals surface area contributed by atoms with Crippen LogP contribution in [0.15, 0.2) is 73.7 Å². The van der Waals surface area contributed by atoms with Crippen LogP contribution >= 0.6 is 11.6 Å². The van der Waals surface area contributed by atoms with Crippen molar-refractivity contribution in [2.75, 3.05) is 48.8 Å². The molecule has 3 heterocycles. The van der Waals surface area contributed by atoms with Crippen molar-refractivity contribution in [3.63, 3.8) is 0 Å². The molecule has 0 unspecified atom stereocenters. The van der Waals surface area contributed by atoms with E-state index in [0.29, 0.717) is 16.7 Å². The fraction of sp³-hybridized carbons (Fsp3) is 0.185. The number of pyridine rings is 1. The van der Waals surface area contributed by atoms with Crippen LogP contribution in [0.2, 0.25) is 5.02 Å². The molecule has 2 N–H and O–H groups in total. The van der Waals surface area contributed by atoms with Gasteiger partial charge in [-0.2, -0.15) is 0 Å². The first-order chi connectivity index (χ1) is 17.5. The fourth-order valence-electron chi connectivity index (χ4n) is 4.26. The number of aromatic nitrogens is 3. The van der Waals surface area contributed by atoms with Crippen molar-refractivity contribution in [1.82, 2.24) is 19.9 Å². The maximum absolute atomic E-state index is 12.2. The van der Waals surface area contributed by atoms with Crippen LogP contribution in [-0.4, -0.2) is 59.0 Å². The van der Waals surface area contributed by atoms with E-state index >= 15 is 0 Å². The van der Waals surface area contributed by atoms with Gasteiger partial charge in [0, 0.05) is 67.0 Å². The van der Waals surface area contributed by atoms with Crippen LogP contribution in [0.1, 0.15) is 0 Å². The average molecular weight is 500 g/mol. The number of likely N-dealkylation sites (N-methyl/N-ethyl adjacent to an activating group) is 1. The zero-order valence-electron chi connectivity index (χ0n) is 19.9. The zero-order chi connectivity index (χ0) is 25.1. The second-order valence-electron chi connectivity index (χ2n) is 8.67. The van der Waals surface area contributed by atoms with Gasteiger partial charge in [-0.1, -0.05) is 36.4 Å². The normalized spacial score (nSPS) is 14.0. The molecule has 9 heteroatoms. The van der Waals surface area contributed by atoms with Crippen molar-refractivity contribution in [3.05, 3.63) is 78.7 Å². The van der Waals surface area contributed by atoms with Gasteiger partial charge in [0.25, 0.3) is 0 Å². The number of nitrogens with zero attached hydrogens (tertiary/aromatic N) is 5. The van der Waals surface area contributed by atoms with E-state index in [4.69, 9.17) is 16.6 Å². The van der Waals surface area contributed by atoms with Gasteiger partial charge >= 0.3 is 0 Å². The molecule has 1 aliphatic heterocycles. The molecule has 0 radical (unpaired) electrons. The van der Waals surface area contributed by atoms with Crippen LogP contribution in [0.4, 0.5) is 23.0 Å². The van der Waals surface area contributed by atoms with Crippen LogP contribution in [0.25, 0.3) is 22.0 Å². The summed E-state index contributed by atoms with van der Waals surface area (Å²) in [7, 11) is 2.11. The molecule has 0 bridgehead atoms. The van der Waals surface area contributed by atoms with Crippen LogP contribution in [0, 0.1) is 0 Å². The third kappa shape index (κ3) is 5.15. The number of halogens is 1. The molecule has 5 rings (SSSR count). The van der Waals surface area contributed by atoms with Crippen molar-refractivity contribution in [3.8, 4) is 11.1 Å². The summed E-state index contributed by atoms with van der Waals surface area (Å²) in [5.74, 6) is 0.183. The predicted molar refractivity (Wildman–Crippen MR) is 146 cm³/mol. The van der Waals surface area contributed by atoms with E-state index in [0.717, 1.165) is 59.6 Å². The Kier molecular flexibility index (Phi) is 6.79. The van der Waals surface area contributed by atoms with Crippen molar-refractivity contribution in [1.29, 1.82) is 0 Å². The molecule has 4 aromatic rings. The molecule has 1 aliphatic rings. The summed E-state index contributed by atoms with van der Waals surface area (Å²) in [5, 5.41) is 7.70. The third-order valence-corrected chi connectivity index (χ3v) is 6.37. The number of carbonyl (C=O) groups is 1. The Hall–Kier alpha value is -4.01. The number of para-hydroxylation sites is 1. The van der Waals surface area contributed by atoms with Crippen molar-refractivity contribution in [2.24, 2.45) is 0 Å². The van der Waals surface area contributed by atoms with E-state index in [-0.39, 0.29) is 5.91 Å². The highest BCUT2D eigenvalue weighted by Crippen LogP contribution is 2.32. The second-order valence-corrected chi connectivity index (χ2v) is 9.11. The highest BCUT2D eigenvalue weighted by atomic mass is 35.5. The Bertz CT molecular complexity index is 1430. The molecule has 2 aromatic heterocycles. The summed E-state index contributed by atoms with van der Waals surface area (Å²) in [5.41, 5.74) is 5.02. The first-order valence-electron chi connectivity index (χ1n) is 11.6. The number of hydrogen-bond acceptors (Lipinski definition) is 7. The van der Waals surface area contributed by atoms with Gasteiger partial charge in [0.05, 0.1) is 21.9 Å². The SMILES string of the molecule is C=CC(=O)Nc1cc(Nc2ncc3cccc(-c4cncc(Cl)c4)c3n2)ccc1N1CCN(C)CC1. The number of nitrogens with one attached hydrogen (secondary N) is 2. The highest BCUT2D eigenvalue weighted by molar-refractivity contribution is 6.30. The third-order valence-electron chi connectivity index (χ3n) is 6.17. The van der Waals surface area contributed by atoms with Crippen LogP contribution < -0.4 is 15.5 Å². The maximum Gasteiger partial charge on any atom is 0.247 e. The summed E-state index contributed by atoms with van der Waals surface area (Å²) in [6.45, 7) is 7.28. The molecular formula is C27H26ClN7O.